The normalized spacial score (nSPS) is 11.2. The summed E-state index contributed by atoms with van der Waals surface area (Å²) in [6, 6.07) is 9.45. The van der Waals surface area contributed by atoms with Crippen molar-refractivity contribution in [3.05, 3.63) is 59.2 Å². The third-order valence-electron chi connectivity index (χ3n) is 3.84. The Hall–Kier alpha value is -2.07. The zero-order valence-electron chi connectivity index (χ0n) is 15.9. The molecule has 9 heteroatoms. The van der Waals surface area contributed by atoms with Gasteiger partial charge in [0.2, 0.25) is 11.7 Å². The van der Waals surface area contributed by atoms with Crippen LogP contribution in [0.5, 0.6) is 0 Å². The van der Waals surface area contributed by atoms with Crippen LogP contribution >= 0.6 is 35.6 Å². The van der Waals surface area contributed by atoms with Crippen molar-refractivity contribution in [1.82, 2.24) is 25.3 Å². The summed E-state index contributed by atoms with van der Waals surface area (Å²) in [5, 5.41) is 11.2. The first kappa shape index (κ1) is 22.2. The van der Waals surface area contributed by atoms with E-state index in [1.165, 1.54) is 0 Å². The van der Waals surface area contributed by atoms with E-state index < -0.39 is 0 Å². The highest BCUT2D eigenvalue weighted by atomic mass is 127. The second kappa shape index (κ2) is 11.1. The molecule has 7 nitrogen and oxygen atoms in total. The fourth-order valence-electron chi connectivity index (χ4n) is 2.56. The van der Waals surface area contributed by atoms with Crippen LogP contribution < -0.4 is 10.6 Å². The number of guanidine groups is 1. The van der Waals surface area contributed by atoms with Crippen molar-refractivity contribution in [2.24, 2.45) is 12.0 Å². The highest BCUT2D eigenvalue weighted by Crippen LogP contribution is 2.19. The molecule has 0 atom stereocenters. The minimum atomic E-state index is 0. The first-order chi connectivity index (χ1) is 13.1. The molecule has 1 aromatic carbocycles. The monoisotopic (exact) mass is 514 g/mol. The smallest absolute Gasteiger partial charge is 0.228 e. The van der Waals surface area contributed by atoms with Crippen LogP contribution in [0.2, 0.25) is 5.02 Å². The Morgan fingerprint density at radius 3 is 2.86 bits per heavy atom. The highest BCUT2D eigenvalue weighted by molar-refractivity contribution is 14.0. The lowest BCUT2D eigenvalue weighted by Gasteiger charge is -2.09. The van der Waals surface area contributed by atoms with Crippen LogP contribution in [-0.2, 0) is 20.0 Å². The molecule has 0 bridgehead atoms. The SMILES string of the molecule is CCNC(=NCc1ccn(C)c1)NCCc1nc(-c2cccc(Cl)c2)no1.I. The van der Waals surface area contributed by atoms with E-state index >= 15 is 0 Å². The van der Waals surface area contributed by atoms with E-state index in [9.17, 15) is 0 Å². The number of nitrogens with one attached hydrogen (secondary N) is 2. The lowest BCUT2D eigenvalue weighted by Crippen LogP contribution is -2.38. The van der Waals surface area contributed by atoms with Gasteiger partial charge in [0, 0.05) is 49.5 Å². The molecule has 3 rings (SSSR count). The van der Waals surface area contributed by atoms with Crippen LogP contribution in [0.3, 0.4) is 0 Å². The van der Waals surface area contributed by atoms with Gasteiger partial charge in [-0.3, -0.25) is 0 Å². The van der Waals surface area contributed by atoms with E-state index in [1.807, 2.05) is 49.0 Å². The van der Waals surface area contributed by atoms with Crippen LogP contribution in [0.4, 0.5) is 0 Å². The summed E-state index contributed by atoms with van der Waals surface area (Å²) in [5.41, 5.74) is 2.00. The van der Waals surface area contributed by atoms with Gasteiger partial charge in [0.15, 0.2) is 5.96 Å². The number of halogens is 2. The molecule has 0 saturated carbocycles. The van der Waals surface area contributed by atoms with Gasteiger partial charge in [-0.1, -0.05) is 28.9 Å². The first-order valence-electron chi connectivity index (χ1n) is 8.85. The summed E-state index contributed by atoms with van der Waals surface area (Å²) in [6.45, 7) is 4.09. The topological polar surface area (TPSA) is 80.3 Å². The second-order valence-electron chi connectivity index (χ2n) is 6.08. The van der Waals surface area contributed by atoms with Crippen molar-refractivity contribution in [1.29, 1.82) is 0 Å². The summed E-state index contributed by atoms with van der Waals surface area (Å²) < 4.78 is 7.34. The minimum Gasteiger partial charge on any atom is -0.357 e. The van der Waals surface area contributed by atoms with Crippen molar-refractivity contribution in [2.75, 3.05) is 13.1 Å². The van der Waals surface area contributed by atoms with Gasteiger partial charge in [-0.25, -0.2) is 4.99 Å². The maximum Gasteiger partial charge on any atom is 0.228 e. The molecule has 0 unspecified atom stereocenters. The molecule has 0 fully saturated rings. The maximum absolute atomic E-state index is 6.01. The number of aliphatic imine (C=N–C) groups is 1. The summed E-state index contributed by atoms with van der Waals surface area (Å²) in [6.07, 6.45) is 4.67. The lowest BCUT2D eigenvalue weighted by molar-refractivity contribution is 0.378. The third-order valence-corrected chi connectivity index (χ3v) is 4.07. The summed E-state index contributed by atoms with van der Waals surface area (Å²) >= 11 is 6.01. The number of hydrogen-bond acceptors (Lipinski definition) is 4. The van der Waals surface area contributed by atoms with Gasteiger partial charge in [-0.15, -0.1) is 24.0 Å². The summed E-state index contributed by atoms with van der Waals surface area (Å²) in [7, 11) is 2.00. The van der Waals surface area contributed by atoms with Gasteiger partial charge in [-0.2, -0.15) is 4.98 Å². The van der Waals surface area contributed by atoms with E-state index in [4.69, 9.17) is 16.1 Å². The van der Waals surface area contributed by atoms with Crippen molar-refractivity contribution < 1.29 is 4.52 Å². The zero-order valence-corrected chi connectivity index (χ0v) is 18.9. The Morgan fingerprint density at radius 1 is 1.29 bits per heavy atom. The third kappa shape index (κ3) is 6.52. The molecule has 0 aliphatic carbocycles. The average molecular weight is 515 g/mol. The van der Waals surface area contributed by atoms with Gasteiger partial charge >= 0.3 is 0 Å². The predicted molar refractivity (Wildman–Crippen MR) is 122 cm³/mol. The zero-order chi connectivity index (χ0) is 19.1. The largest absolute Gasteiger partial charge is 0.357 e. The van der Waals surface area contributed by atoms with Gasteiger partial charge in [0.05, 0.1) is 6.54 Å². The number of benzene rings is 1. The molecule has 2 aromatic heterocycles. The first-order valence-corrected chi connectivity index (χ1v) is 9.23. The number of nitrogens with zero attached hydrogens (tertiary/aromatic N) is 4. The van der Waals surface area contributed by atoms with Gasteiger partial charge < -0.3 is 19.7 Å². The molecule has 2 heterocycles. The van der Waals surface area contributed by atoms with Crippen LogP contribution in [0.1, 0.15) is 18.4 Å². The van der Waals surface area contributed by atoms with Crippen molar-refractivity contribution in [3.63, 3.8) is 0 Å². The van der Waals surface area contributed by atoms with Crippen LogP contribution in [0, 0.1) is 0 Å². The Balaban J connectivity index is 0.00000280. The minimum absolute atomic E-state index is 0. The fourth-order valence-corrected chi connectivity index (χ4v) is 2.75. The molecular formula is C19H24ClIN6O. The predicted octanol–water partition coefficient (Wildman–Crippen LogP) is 3.64. The van der Waals surface area contributed by atoms with Crippen molar-refractivity contribution in [2.45, 2.75) is 19.9 Å². The fraction of sp³-hybridized carbons (Fsp3) is 0.316. The van der Waals surface area contributed by atoms with Gasteiger partial charge in [0.25, 0.3) is 0 Å². The molecule has 28 heavy (non-hydrogen) atoms. The Bertz CT molecular complexity index is 907. The number of aryl methyl sites for hydroxylation is 1. The van der Waals surface area contributed by atoms with Crippen LogP contribution in [-0.4, -0.2) is 33.8 Å². The van der Waals surface area contributed by atoms with Crippen LogP contribution in [0.15, 0.2) is 52.2 Å². The molecule has 3 aromatic rings. The number of hydrogen-bond donors (Lipinski definition) is 2. The van der Waals surface area contributed by atoms with E-state index in [-0.39, 0.29) is 24.0 Å². The lowest BCUT2D eigenvalue weighted by atomic mass is 10.2. The molecule has 150 valence electrons. The molecule has 0 aliphatic rings. The molecule has 2 N–H and O–H groups in total. The van der Waals surface area contributed by atoms with Crippen molar-refractivity contribution >= 4 is 41.5 Å². The Labute approximate surface area is 186 Å². The molecule has 0 saturated heterocycles. The summed E-state index contributed by atoms with van der Waals surface area (Å²) in [4.78, 5) is 9.01. The second-order valence-corrected chi connectivity index (χ2v) is 6.52. The van der Waals surface area contributed by atoms with Crippen LogP contribution in [0.25, 0.3) is 11.4 Å². The van der Waals surface area contributed by atoms with Gasteiger partial charge in [-0.05, 0) is 30.7 Å². The average Bonchev–Trinajstić information content (AvgIpc) is 3.29. The molecule has 0 aliphatic heterocycles. The highest BCUT2D eigenvalue weighted by Gasteiger charge is 2.09. The Kier molecular flexibility index (Phi) is 8.78. The Morgan fingerprint density at radius 2 is 2.14 bits per heavy atom. The maximum atomic E-state index is 6.01. The van der Waals surface area contributed by atoms with E-state index in [0.717, 1.165) is 23.6 Å². The number of rotatable bonds is 7. The summed E-state index contributed by atoms with van der Waals surface area (Å²) in [5.74, 6) is 1.87. The molecule has 0 radical (unpaired) electrons. The molecule has 0 amide bonds. The van der Waals surface area contributed by atoms with E-state index in [0.29, 0.717) is 36.2 Å². The van der Waals surface area contributed by atoms with E-state index in [1.54, 1.807) is 0 Å². The van der Waals surface area contributed by atoms with E-state index in [2.05, 4.69) is 38.0 Å². The quantitative estimate of drug-likeness (QED) is 0.286. The van der Waals surface area contributed by atoms with Crippen molar-refractivity contribution in [3.8, 4) is 11.4 Å². The molecular weight excluding hydrogens is 491 g/mol. The van der Waals surface area contributed by atoms with Gasteiger partial charge in [0.1, 0.15) is 0 Å². The number of aromatic nitrogens is 3. The molecule has 0 spiro atoms. The standard InChI is InChI=1S/C19H23ClN6O.HI/c1-3-21-19(23-12-14-8-10-26(2)13-14)22-9-7-17-24-18(25-27-17)15-5-4-6-16(20)11-15;/h4-6,8,10-11,13H,3,7,9,12H2,1-2H3,(H2,21,22,23);1H.